The summed E-state index contributed by atoms with van der Waals surface area (Å²) in [4.78, 5) is 15.0. The average molecular weight is 332 g/mol. The van der Waals surface area contributed by atoms with Crippen LogP contribution in [-0.2, 0) is 0 Å². The first-order valence-electron chi connectivity index (χ1n) is 8.13. The lowest BCUT2D eigenvalue weighted by Gasteiger charge is -2.32. The van der Waals surface area contributed by atoms with E-state index in [0.29, 0.717) is 5.56 Å². The molecule has 0 spiro atoms. The molecule has 0 saturated carbocycles. The molecule has 1 aliphatic rings. The summed E-state index contributed by atoms with van der Waals surface area (Å²) in [6.45, 7) is 5.31. The van der Waals surface area contributed by atoms with Crippen molar-refractivity contribution in [3.05, 3.63) is 35.7 Å². The molecule has 0 aromatic carbocycles. The summed E-state index contributed by atoms with van der Waals surface area (Å²) >= 11 is 1.89. The molecule has 6 heteroatoms. The minimum atomic E-state index is -0.00795. The first-order valence-corrected chi connectivity index (χ1v) is 9.53. The highest BCUT2D eigenvalue weighted by Crippen LogP contribution is 2.15. The second-order valence-corrected chi connectivity index (χ2v) is 7.16. The van der Waals surface area contributed by atoms with Crippen LogP contribution in [0.1, 0.15) is 28.8 Å². The number of nitrogens with zero attached hydrogens (tertiary/aromatic N) is 3. The third-order valence-electron chi connectivity index (χ3n) is 4.44. The number of thioether (sulfide) groups is 1. The van der Waals surface area contributed by atoms with Crippen molar-refractivity contribution in [1.82, 2.24) is 19.8 Å². The number of hydrogen-bond acceptors (Lipinski definition) is 4. The second-order valence-electron chi connectivity index (χ2n) is 6.18. The van der Waals surface area contributed by atoms with Crippen molar-refractivity contribution in [3.8, 4) is 0 Å². The van der Waals surface area contributed by atoms with Crippen molar-refractivity contribution in [3.63, 3.8) is 0 Å². The summed E-state index contributed by atoms with van der Waals surface area (Å²) in [7, 11) is 0. The van der Waals surface area contributed by atoms with Crippen molar-refractivity contribution in [2.45, 2.75) is 25.8 Å². The Balaban J connectivity index is 1.59. The van der Waals surface area contributed by atoms with Gasteiger partial charge in [0, 0.05) is 37.6 Å². The SMILES string of the molecule is CSCCN1CCC(NC(=O)c2cnn3cc(C)ccc23)CC1. The van der Waals surface area contributed by atoms with Gasteiger partial charge in [0.15, 0.2) is 0 Å². The quantitative estimate of drug-likeness (QED) is 0.912. The summed E-state index contributed by atoms with van der Waals surface area (Å²) in [5.41, 5.74) is 2.66. The number of amides is 1. The van der Waals surface area contributed by atoms with Gasteiger partial charge in [0.2, 0.25) is 0 Å². The van der Waals surface area contributed by atoms with Gasteiger partial charge in [0.25, 0.3) is 5.91 Å². The van der Waals surface area contributed by atoms with Gasteiger partial charge < -0.3 is 10.2 Å². The summed E-state index contributed by atoms with van der Waals surface area (Å²) in [5, 5.41) is 7.47. The topological polar surface area (TPSA) is 49.6 Å². The number of hydrogen-bond donors (Lipinski definition) is 1. The predicted octanol–water partition coefficient (Wildman–Crippen LogP) is 2.20. The van der Waals surface area contributed by atoms with Crippen LogP contribution in [0.15, 0.2) is 24.5 Å². The summed E-state index contributed by atoms with van der Waals surface area (Å²) in [6, 6.07) is 4.24. The van der Waals surface area contributed by atoms with Crippen LogP contribution >= 0.6 is 11.8 Å². The Hall–Kier alpha value is -1.53. The lowest BCUT2D eigenvalue weighted by atomic mass is 10.0. The van der Waals surface area contributed by atoms with Gasteiger partial charge in [-0.2, -0.15) is 16.9 Å². The molecule has 1 fully saturated rings. The molecule has 0 aliphatic carbocycles. The van der Waals surface area contributed by atoms with Crippen LogP contribution in [0.2, 0.25) is 0 Å². The lowest BCUT2D eigenvalue weighted by Crippen LogP contribution is -2.45. The van der Waals surface area contributed by atoms with Crippen LogP contribution in [-0.4, -0.2) is 58.1 Å². The fourth-order valence-corrected chi connectivity index (χ4v) is 3.49. The van der Waals surface area contributed by atoms with Gasteiger partial charge in [0.1, 0.15) is 0 Å². The Labute approximate surface area is 141 Å². The Bertz CT molecular complexity index is 676. The van der Waals surface area contributed by atoms with E-state index in [1.807, 2.05) is 37.0 Å². The fraction of sp³-hybridized carbons (Fsp3) is 0.529. The first kappa shape index (κ1) is 16.3. The average Bonchev–Trinajstić information content (AvgIpc) is 2.97. The summed E-state index contributed by atoms with van der Waals surface area (Å²) < 4.78 is 1.77. The fourth-order valence-electron chi connectivity index (χ4n) is 3.05. The Morgan fingerprint density at radius 1 is 1.39 bits per heavy atom. The molecular weight excluding hydrogens is 308 g/mol. The van der Waals surface area contributed by atoms with Gasteiger partial charge in [-0.1, -0.05) is 6.07 Å². The zero-order chi connectivity index (χ0) is 16.2. The highest BCUT2D eigenvalue weighted by Gasteiger charge is 2.22. The molecule has 3 heterocycles. The molecule has 2 aromatic rings. The number of carbonyl (C=O) groups excluding carboxylic acids is 1. The molecule has 5 nitrogen and oxygen atoms in total. The van der Waals surface area contributed by atoms with E-state index in [4.69, 9.17) is 0 Å². The number of rotatable bonds is 5. The van der Waals surface area contributed by atoms with E-state index < -0.39 is 0 Å². The standard InChI is InChI=1S/C17H24N4OS/c1-13-3-4-16-15(11-18-21(16)12-13)17(22)19-14-5-7-20(8-6-14)9-10-23-2/h3-4,11-12,14H,5-10H2,1-2H3,(H,19,22). The molecule has 0 radical (unpaired) electrons. The van der Waals surface area contributed by atoms with Crippen LogP contribution in [0, 0.1) is 6.92 Å². The van der Waals surface area contributed by atoms with Crippen molar-refractivity contribution >= 4 is 23.2 Å². The third-order valence-corrected chi connectivity index (χ3v) is 5.03. The van der Waals surface area contributed by atoms with Gasteiger partial charge in [-0.25, -0.2) is 4.52 Å². The molecule has 23 heavy (non-hydrogen) atoms. The highest BCUT2D eigenvalue weighted by molar-refractivity contribution is 7.98. The van der Waals surface area contributed by atoms with Gasteiger partial charge in [-0.05, 0) is 37.7 Å². The Morgan fingerprint density at radius 2 is 2.17 bits per heavy atom. The van der Waals surface area contributed by atoms with Crippen molar-refractivity contribution in [2.75, 3.05) is 31.6 Å². The molecule has 1 aliphatic heterocycles. The van der Waals surface area contributed by atoms with Crippen LogP contribution in [0.4, 0.5) is 0 Å². The number of nitrogens with one attached hydrogen (secondary N) is 1. The third kappa shape index (κ3) is 3.87. The maximum atomic E-state index is 12.5. The lowest BCUT2D eigenvalue weighted by molar-refractivity contribution is 0.0914. The zero-order valence-electron chi connectivity index (χ0n) is 13.8. The molecule has 0 atom stereocenters. The van der Waals surface area contributed by atoms with Crippen LogP contribution < -0.4 is 5.32 Å². The number of aryl methyl sites for hydroxylation is 1. The van der Waals surface area contributed by atoms with E-state index in [9.17, 15) is 4.79 Å². The van der Waals surface area contributed by atoms with Gasteiger partial charge in [0.05, 0.1) is 17.3 Å². The van der Waals surface area contributed by atoms with E-state index in [0.717, 1.165) is 43.6 Å². The summed E-state index contributed by atoms with van der Waals surface area (Å²) in [5.74, 6) is 1.17. The molecule has 124 valence electrons. The van der Waals surface area contributed by atoms with Gasteiger partial charge in [-0.3, -0.25) is 4.79 Å². The maximum absolute atomic E-state index is 12.5. The minimum absolute atomic E-state index is 0.00795. The Morgan fingerprint density at radius 3 is 2.91 bits per heavy atom. The van der Waals surface area contributed by atoms with Crippen molar-refractivity contribution in [2.24, 2.45) is 0 Å². The highest BCUT2D eigenvalue weighted by atomic mass is 32.2. The predicted molar refractivity (Wildman–Crippen MR) is 95.2 cm³/mol. The van der Waals surface area contributed by atoms with E-state index in [2.05, 4.69) is 21.6 Å². The number of fused-ring (bicyclic) bond motifs is 1. The maximum Gasteiger partial charge on any atom is 0.255 e. The van der Waals surface area contributed by atoms with Crippen LogP contribution in [0.5, 0.6) is 0 Å². The molecule has 1 saturated heterocycles. The van der Waals surface area contributed by atoms with E-state index in [1.54, 1.807) is 10.7 Å². The summed E-state index contributed by atoms with van der Waals surface area (Å²) in [6.07, 6.45) is 7.80. The second kappa shape index (κ2) is 7.36. The molecule has 2 aromatic heterocycles. The molecule has 1 amide bonds. The van der Waals surface area contributed by atoms with E-state index in [1.165, 1.54) is 5.75 Å². The number of likely N-dealkylation sites (tertiary alicyclic amines) is 1. The number of carbonyl (C=O) groups is 1. The number of aromatic nitrogens is 2. The van der Waals surface area contributed by atoms with Crippen LogP contribution in [0.3, 0.4) is 0 Å². The van der Waals surface area contributed by atoms with Crippen molar-refractivity contribution in [1.29, 1.82) is 0 Å². The first-order chi connectivity index (χ1) is 11.2. The monoisotopic (exact) mass is 332 g/mol. The number of pyridine rings is 1. The molecule has 3 rings (SSSR count). The van der Waals surface area contributed by atoms with Gasteiger partial charge in [-0.15, -0.1) is 0 Å². The minimum Gasteiger partial charge on any atom is -0.349 e. The van der Waals surface area contributed by atoms with E-state index >= 15 is 0 Å². The molecule has 0 bridgehead atoms. The van der Waals surface area contributed by atoms with Crippen molar-refractivity contribution < 1.29 is 4.79 Å². The number of piperidine rings is 1. The largest absolute Gasteiger partial charge is 0.349 e. The Kier molecular flexibility index (Phi) is 5.23. The van der Waals surface area contributed by atoms with E-state index in [-0.39, 0.29) is 11.9 Å². The van der Waals surface area contributed by atoms with Crippen LogP contribution in [0.25, 0.3) is 5.52 Å². The molecular formula is C17H24N4OS. The normalized spacial score (nSPS) is 16.8. The smallest absolute Gasteiger partial charge is 0.255 e. The molecule has 1 N–H and O–H groups in total. The zero-order valence-corrected chi connectivity index (χ0v) is 14.6. The van der Waals surface area contributed by atoms with Gasteiger partial charge >= 0.3 is 0 Å². The molecule has 0 unspecified atom stereocenters.